The summed E-state index contributed by atoms with van der Waals surface area (Å²) in [7, 11) is 0. The number of unbranched alkanes of at least 4 members (excludes halogenated alkanes) is 4. The minimum absolute atomic E-state index is 0.766. The zero-order valence-electron chi connectivity index (χ0n) is 9.24. The highest BCUT2D eigenvalue weighted by Gasteiger charge is 1.80. The molecule has 0 aromatic rings. The van der Waals surface area contributed by atoms with E-state index in [1.807, 2.05) is 0 Å². The quantitative estimate of drug-likeness (QED) is 0.438. The van der Waals surface area contributed by atoms with Gasteiger partial charge in [0.1, 0.15) is 2.74 Å². The summed E-state index contributed by atoms with van der Waals surface area (Å²) in [5.74, 6) is 11.4. The van der Waals surface area contributed by atoms with Crippen LogP contribution >= 0.6 is 0 Å². The minimum atomic E-state index is 0.766. The smallest absolute Gasteiger partial charge is 0.120 e. The first-order chi connectivity index (χ1) is 6.91. The van der Waals surface area contributed by atoms with E-state index in [1.165, 1.54) is 0 Å². The van der Waals surface area contributed by atoms with Gasteiger partial charge in [0.25, 0.3) is 0 Å². The normalized spacial score (nSPS) is 8.67. The fourth-order valence-electron chi connectivity index (χ4n) is 0.707. The molecule has 0 radical (unpaired) electrons. The molecule has 0 aromatic carbocycles. The molecule has 0 aliphatic carbocycles. The molecule has 0 atom stereocenters. The second kappa shape index (κ2) is 9.68. The molecule has 0 aliphatic heterocycles. The van der Waals surface area contributed by atoms with Gasteiger partial charge in [-0.2, -0.15) is 0 Å². The maximum atomic E-state index is 6.59. The molecule has 0 rings (SSSR count). The number of rotatable bonds is 4. The van der Waals surface area contributed by atoms with Crippen LogP contribution in [0.5, 0.6) is 0 Å². The molecule has 0 unspecified atom stereocenters. The van der Waals surface area contributed by atoms with E-state index in [4.69, 9.17) is 2.74 Å². The van der Waals surface area contributed by atoms with Crippen molar-refractivity contribution in [1.82, 2.24) is 0 Å². The van der Waals surface area contributed by atoms with Crippen molar-refractivity contribution in [2.75, 3.05) is 0 Å². The van der Waals surface area contributed by atoms with Crippen molar-refractivity contribution in [3.8, 4) is 36.5 Å². The van der Waals surface area contributed by atoms with Crippen LogP contribution in [0.15, 0.2) is 0 Å². The fraction of sp³-hybridized carbons (Fsp3) is 0.500. The zero-order chi connectivity index (χ0) is 10.5. The van der Waals surface area contributed by atoms with Crippen LogP contribution in [0.4, 0.5) is 0 Å². The van der Waals surface area contributed by atoms with E-state index < -0.39 is 0 Å². The lowest BCUT2D eigenvalue weighted by atomic mass is 10.2. The van der Waals surface area contributed by atoms with Gasteiger partial charge in [-0.3, -0.25) is 0 Å². The van der Waals surface area contributed by atoms with Gasteiger partial charge < -0.3 is 0 Å². The van der Waals surface area contributed by atoms with Gasteiger partial charge in [-0.15, -0.1) is 36.5 Å². The van der Waals surface area contributed by atoms with Gasteiger partial charge in [0.15, 0.2) is 0 Å². The van der Waals surface area contributed by atoms with E-state index in [0.717, 1.165) is 38.5 Å². The van der Waals surface area contributed by atoms with Crippen LogP contribution in [0.2, 0.25) is 0 Å². The predicted octanol–water partition coefficient (Wildman–Crippen LogP) is 2.60. The third-order valence-electron chi connectivity index (χ3n) is 1.33. The average molecular weight is 160 g/mol. The van der Waals surface area contributed by atoms with Crippen molar-refractivity contribution in [3.63, 3.8) is 0 Å². The topological polar surface area (TPSA) is 0 Å². The molecule has 0 heteroatoms. The maximum absolute atomic E-state index is 6.59. The van der Waals surface area contributed by atoms with E-state index in [-0.39, 0.29) is 0 Å². The second-order valence-corrected chi connectivity index (χ2v) is 2.41. The summed E-state index contributed by atoms with van der Waals surface area (Å²) in [6.07, 6.45) is 9.38. The van der Waals surface area contributed by atoms with E-state index in [2.05, 4.69) is 36.5 Å². The molecule has 0 saturated heterocycles. The van der Waals surface area contributed by atoms with Gasteiger partial charge in [0, 0.05) is 25.7 Å². The molecule has 0 bridgehead atoms. The molecular weight excluding hydrogens is 144 g/mol. The van der Waals surface area contributed by atoms with Crippen LogP contribution in [0.25, 0.3) is 0 Å². The Kier molecular flexibility index (Phi) is 5.92. The SMILES string of the molecule is [2H]C#CCCCC#CCCCC#C[2H]. The molecule has 62 valence electrons. The Morgan fingerprint density at radius 2 is 1.33 bits per heavy atom. The van der Waals surface area contributed by atoms with Crippen molar-refractivity contribution >= 4 is 0 Å². The van der Waals surface area contributed by atoms with Crippen LogP contribution in [0.3, 0.4) is 0 Å². The lowest BCUT2D eigenvalue weighted by molar-refractivity contribution is 0.887. The molecule has 0 heterocycles. The van der Waals surface area contributed by atoms with Crippen molar-refractivity contribution in [1.29, 1.82) is 0 Å². The lowest BCUT2D eigenvalue weighted by Crippen LogP contribution is -1.71. The van der Waals surface area contributed by atoms with E-state index in [1.54, 1.807) is 0 Å². The summed E-state index contributed by atoms with van der Waals surface area (Å²) >= 11 is 0. The van der Waals surface area contributed by atoms with Gasteiger partial charge in [0.05, 0.1) is 0 Å². The molecule has 0 aromatic heterocycles. The molecule has 0 fully saturated rings. The Balaban J connectivity index is 3.24. The Labute approximate surface area is 78.6 Å². The van der Waals surface area contributed by atoms with Crippen LogP contribution in [0, 0.1) is 36.5 Å². The molecule has 0 N–H and O–H groups in total. The first kappa shape index (κ1) is 7.34. The highest BCUT2D eigenvalue weighted by molar-refractivity contribution is 5.00. The third kappa shape index (κ3) is 8.68. The summed E-state index contributed by atoms with van der Waals surface area (Å²) in [5.41, 5.74) is 0. The first-order valence-corrected chi connectivity index (χ1v) is 4.16. The van der Waals surface area contributed by atoms with Crippen molar-refractivity contribution in [2.24, 2.45) is 0 Å². The Morgan fingerprint density at radius 1 is 0.833 bits per heavy atom. The Hall–Kier alpha value is -1.32. The first-order valence-electron chi connectivity index (χ1n) is 5.16. The summed E-state index contributed by atoms with van der Waals surface area (Å²) in [5, 5.41) is 0. The van der Waals surface area contributed by atoms with Gasteiger partial charge >= 0.3 is 0 Å². The zero-order valence-corrected chi connectivity index (χ0v) is 7.24. The molecule has 0 nitrogen and oxygen atoms in total. The summed E-state index contributed by atoms with van der Waals surface area (Å²) in [4.78, 5) is 0. The van der Waals surface area contributed by atoms with Gasteiger partial charge in [-0.25, -0.2) is 0 Å². The van der Waals surface area contributed by atoms with Crippen LogP contribution in [0.1, 0.15) is 41.3 Å². The third-order valence-corrected chi connectivity index (χ3v) is 1.33. The summed E-state index contributed by atoms with van der Waals surface area (Å²) in [6, 6.07) is 0. The van der Waals surface area contributed by atoms with E-state index in [0.29, 0.717) is 0 Å². The molecule has 0 amide bonds. The monoisotopic (exact) mass is 160 g/mol. The average Bonchev–Trinajstić information content (AvgIpc) is 2.21. The van der Waals surface area contributed by atoms with Crippen molar-refractivity contribution < 1.29 is 2.74 Å². The summed E-state index contributed by atoms with van der Waals surface area (Å²) < 4.78 is 13.2. The van der Waals surface area contributed by atoms with Gasteiger partial charge in [-0.1, -0.05) is 0 Å². The van der Waals surface area contributed by atoms with Gasteiger partial charge in [0.2, 0.25) is 0 Å². The number of terminal acetylenes is 2. The lowest BCUT2D eigenvalue weighted by Gasteiger charge is -1.85. The van der Waals surface area contributed by atoms with Crippen molar-refractivity contribution in [2.45, 2.75) is 38.5 Å². The predicted molar refractivity (Wildman–Crippen MR) is 53.1 cm³/mol. The molecule has 0 spiro atoms. The number of hydrogen-bond donors (Lipinski definition) is 0. The van der Waals surface area contributed by atoms with E-state index in [9.17, 15) is 0 Å². The Bertz CT molecular complexity index is 268. The van der Waals surface area contributed by atoms with Crippen LogP contribution < -0.4 is 0 Å². The molecule has 12 heavy (non-hydrogen) atoms. The largest absolute Gasteiger partial charge is 0.124 e. The van der Waals surface area contributed by atoms with E-state index >= 15 is 0 Å². The molecule has 0 saturated carbocycles. The highest BCUT2D eigenvalue weighted by atomic mass is 13.8. The highest BCUT2D eigenvalue weighted by Crippen LogP contribution is 1.93. The molecule has 0 aliphatic rings. The standard InChI is InChI=1S/C12H14/c1-3-5-7-9-11-12-10-8-6-4-2/h1-2H,5-10H2/i1D,2D. The number of hydrogen-bond acceptors (Lipinski definition) is 0. The van der Waals surface area contributed by atoms with Crippen molar-refractivity contribution in [3.05, 3.63) is 0 Å². The van der Waals surface area contributed by atoms with Gasteiger partial charge in [-0.05, 0) is 12.8 Å². The van der Waals surface area contributed by atoms with Crippen LogP contribution in [-0.4, -0.2) is 0 Å². The summed E-state index contributed by atoms with van der Waals surface area (Å²) in [6.45, 7) is 0. The minimum Gasteiger partial charge on any atom is -0.120 e. The second-order valence-electron chi connectivity index (χ2n) is 2.41. The van der Waals surface area contributed by atoms with Crippen LogP contribution in [-0.2, 0) is 0 Å². The maximum Gasteiger partial charge on any atom is 0.124 e. The molecular formula is C12H14. The Morgan fingerprint density at radius 3 is 1.75 bits per heavy atom. The fourth-order valence-corrected chi connectivity index (χ4v) is 0.707.